The number of ether oxygens (including phenoxy) is 1. The lowest BCUT2D eigenvalue weighted by Crippen LogP contribution is -2.56. The SMILES string of the molecule is [C-]#[N+]C[C@H]1CN(c2nc(OC[C@@H]3C[C@@H](F)CN3C)nc3c(F)c(-c4cncc5cccc(C)c45)ncc23)CCN1C(=O)/C=C/CF. The van der Waals surface area contributed by atoms with Gasteiger partial charge in [-0.1, -0.05) is 18.2 Å². The van der Waals surface area contributed by atoms with Crippen molar-refractivity contribution in [2.75, 3.05) is 58.0 Å². The van der Waals surface area contributed by atoms with Crippen molar-refractivity contribution >= 4 is 33.4 Å². The van der Waals surface area contributed by atoms with Crippen molar-refractivity contribution in [2.45, 2.75) is 31.6 Å². The van der Waals surface area contributed by atoms with Crippen LogP contribution in [0.4, 0.5) is 19.0 Å². The Bertz CT molecular complexity index is 1840. The van der Waals surface area contributed by atoms with Crippen LogP contribution >= 0.6 is 0 Å². The minimum Gasteiger partial charge on any atom is -0.462 e. The normalized spacial score (nSPS) is 20.6. The molecule has 2 aliphatic rings. The molecule has 0 N–H and O–H groups in total. The highest BCUT2D eigenvalue weighted by Gasteiger charge is 2.34. The number of hydrogen-bond acceptors (Lipinski definition) is 8. The molecular weight excluding hydrogens is 597 g/mol. The molecule has 2 fully saturated rings. The number of hydrogen-bond donors (Lipinski definition) is 0. The van der Waals surface area contributed by atoms with Gasteiger partial charge in [0.1, 0.15) is 42.5 Å². The van der Waals surface area contributed by atoms with Crippen molar-refractivity contribution in [2.24, 2.45) is 0 Å². The fraction of sp³-hybridized carbons (Fsp3) is 0.394. The maximum absolute atomic E-state index is 16.6. The third-order valence-corrected chi connectivity index (χ3v) is 8.65. The molecule has 1 aromatic carbocycles. The van der Waals surface area contributed by atoms with Gasteiger partial charge in [0.25, 0.3) is 0 Å². The van der Waals surface area contributed by atoms with Crippen LogP contribution in [0.15, 0.2) is 48.9 Å². The highest BCUT2D eigenvalue weighted by Crippen LogP contribution is 2.36. The lowest BCUT2D eigenvalue weighted by Gasteiger charge is -2.39. The van der Waals surface area contributed by atoms with Gasteiger partial charge in [0.05, 0.1) is 5.39 Å². The van der Waals surface area contributed by atoms with Gasteiger partial charge in [0.2, 0.25) is 12.5 Å². The summed E-state index contributed by atoms with van der Waals surface area (Å²) >= 11 is 0. The molecule has 0 aliphatic carbocycles. The van der Waals surface area contributed by atoms with E-state index in [0.717, 1.165) is 22.4 Å². The van der Waals surface area contributed by atoms with E-state index in [0.29, 0.717) is 36.3 Å². The second-order valence-electron chi connectivity index (χ2n) is 11.6. The van der Waals surface area contributed by atoms with Gasteiger partial charge in [0.15, 0.2) is 5.82 Å². The van der Waals surface area contributed by atoms with Crippen molar-refractivity contribution in [3.8, 4) is 17.3 Å². The molecule has 13 heteroatoms. The second kappa shape index (κ2) is 13.3. The number of amides is 1. The van der Waals surface area contributed by atoms with Gasteiger partial charge in [-0.15, -0.1) is 0 Å². The van der Waals surface area contributed by atoms with Crippen molar-refractivity contribution in [3.05, 3.63) is 71.7 Å². The summed E-state index contributed by atoms with van der Waals surface area (Å²) < 4.78 is 49.4. The fourth-order valence-electron chi connectivity index (χ4n) is 6.34. The first-order valence-electron chi connectivity index (χ1n) is 15.1. The van der Waals surface area contributed by atoms with Crippen LogP contribution in [-0.4, -0.2) is 107 Å². The maximum Gasteiger partial charge on any atom is 0.319 e. The van der Waals surface area contributed by atoms with E-state index in [1.165, 1.54) is 17.2 Å². The van der Waals surface area contributed by atoms with Crippen LogP contribution in [0.1, 0.15) is 12.0 Å². The van der Waals surface area contributed by atoms with Gasteiger partial charge < -0.3 is 19.4 Å². The van der Waals surface area contributed by atoms with Crippen LogP contribution in [0.5, 0.6) is 6.01 Å². The van der Waals surface area contributed by atoms with Crippen LogP contribution in [0.25, 0.3) is 37.8 Å². The molecule has 3 atom stereocenters. The highest BCUT2D eigenvalue weighted by atomic mass is 19.1. The molecule has 10 nitrogen and oxygen atoms in total. The lowest BCUT2D eigenvalue weighted by molar-refractivity contribution is -0.128. The van der Waals surface area contributed by atoms with E-state index >= 15 is 4.39 Å². The zero-order chi connectivity index (χ0) is 32.4. The summed E-state index contributed by atoms with van der Waals surface area (Å²) in [4.78, 5) is 39.6. The number of halogens is 3. The van der Waals surface area contributed by atoms with E-state index < -0.39 is 24.7 Å². The first-order chi connectivity index (χ1) is 22.3. The van der Waals surface area contributed by atoms with Gasteiger partial charge in [-0.05, 0) is 37.4 Å². The molecule has 0 unspecified atom stereocenters. The Labute approximate surface area is 264 Å². The van der Waals surface area contributed by atoms with Crippen molar-refractivity contribution < 1.29 is 22.7 Å². The zero-order valence-corrected chi connectivity index (χ0v) is 25.5. The quantitative estimate of drug-likeness (QED) is 0.207. The summed E-state index contributed by atoms with van der Waals surface area (Å²) in [6.07, 6.45) is 6.47. The maximum atomic E-state index is 16.6. The van der Waals surface area contributed by atoms with Gasteiger partial charge >= 0.3 is 6.01 Å². The number of likely N-dealkylation sites (tertiary alicyclic amines) is 1. The molecule has 0 bridgehead atoms. The standard InChI is InChI=1S/C33H33F3N8O2/c1-20-6-4-7-21-13-38-15-25(28(20)21)30-29(36)31-26(16-39-30)32(41-33(40-31)46-19-23-12-22(35)17-42(23)3)43-10-11-44(24(18-43)14-37-2)27(45)8-5-9-34/h4-8,13,15-16,22-24H,9-12,14,17-19H2,1,3H3/b8-5+/t22-,23+,24+/m1/s1. The van der Waals surface area contributed by atoms with E-state index in [1.54, 1.807) is 12.4 Å². The second-order valence-corrected chi connectivity index (χ2v) is 11.6. The Kier molecular flexibility index (Phi) is 8.99. The summed E-state index contributed by atoms with van der Waals surface area (Å²) in [5, 5.41) is 2.00. The Morgan fingerprint density at radius 1 is 1.17 bits per heavy atom. The fourth-order valence-corrected chi connectivity index (χ4v) is 6.34. The number of aromatic nitrogens is 4. The van der Waals surface area contributed by atoms with Gasteiger partial charge in [0, 0.05) is 67.8 Å². The van der Waals surface area contributed by atoms with Crippen LogP contribution in [0.2, 0.25) is 0 Å². The molecule has 0 saturated carbocycles. The van der Waals surface area contributed by atoms with E-state index in [9.17, 15) is 13.6 Å². The first-order valence-corrected chi connectivity index (χ1v) is 15.1. The summed E-state index contributed by atoms with van der Waals surface area (Å²) in [6, 6.07) is 4.96. The van der Waals surface area contributed by atoms with Gasteiger partial charge in [-0.25, -0.2) is 19.7 Å². The molecule has 5 heterocycles. The average Bonchev–Trinajstić information content (AvgIpc) is 3.38. The largest absolute Gasteiger partial charge is 0.462 e. The third-order valence-electron chi connectivity index (χ3n) is 8.65. The minimum absolute atomic E-state index is 0.00940. The number of anilines is 1. The summed E-state index contributed by atoms with van der Waals surface area (Å²) in [6.45, 7) is 9.81. The summed E-state index contributed by atoms with van der Waals surface area (Å²) in [5.41, 5.74) is 1.52. The number of carbonyl (C=O) groups is 1. The predicted molar refractivity (Wildman–Crippen MR) is 168 cm³/mol. The number of fused-ring (bicyclic) bond motifs is 2. The van der Waals surface area contributed by atoms with Crippen molar-refractivity contribution in [1.29, 1.82) is 0 Å². The predicted octanol–water partition coefficient (Wildman–Crippen LogP) is 4.57. The van der Waals surface area contributed by atoms with Crippen LogP contribution in [0.3, 0.4) is 0 Å². The summed E-state index contributed by atoms with van der Waals surface area (Å²) in [7, 11) is 1.82. The van der Waals surface area contributed by atoms with E-state index in [2.05, 4.69) is 24.8 Å². The number of alkyl halides is 2. The number of aryl methyl sites for hydroxylation is 1. The van der Waals surface area contributed by atoms with Crippen LogP contribution < -0.4 is 9.64 Å². The number of pyridine rings is 2. The van der Waals surface area contributed by atoms with E-state index in [4.69, 9.17) is 11.3 Å². The minimum atomic E-state index is -0.964. The number of allylic oxidation sites excluding steroid dienone is 1. The van der Waals surface area contributed by atoms with E-state index in [1.807, 2.05) is 42.0 Å². The molecule has 1 amide bonds. The number of likely N-dealkylation sites (N-methyl/N-ethyl adjacent to an activating group) is 1. The number of carbonyl (C=O) groups excluding carboxylic acids is 1. The Morgan fingerprint density at radius 3 is 2.78 bits per heavy atom. The first kappa shape index (κ1) is 31.2. The van der Waals surface area contributed by atoms with Crippen LogP contribution in [0, 0.1) is 19.3 Å². The summed E-state index contributed by atoms with van der Waals surface area (Å²) in [5.74, 6) is -0.714. The van der Waals surface area contributed by atoms with Gasteiger partial charge in [-0.2, -0.15) is 9.97 Å². The number of nitrogens with zero attached hydrogens (tertiary/aromatic N) is 8. The molecule has 0 spiro atoms. The molecular formula is C33H33F3N8O2. The Balaban J connectivity index is 1.43. The smallest absolute Gasteiger partial charge is 0.319 e. The molecule has 3 aromatic heterocycles. The number of piperazine rings is 1. The van der Waals surface area contributed by atoms with Gasteiger partial charge in [-0.3, -0.25) is 19.7 Å². The molecule has 6 rings (SSSR count). The Hall–Kier alpha value is -4.83. The number of rotatable bonds is 8. The molecule has 2 aliphatic heterocycles. The molecule has 238 valence electrons. The van der Waals surface area contributed by atoms with E-state index in [-0.39, 0.29) is 55.4 Å². The molecule has 4 aromatic rings. The average molecular weight is 631 g/mol. The highest BCUT2D eigenvalue weighted by molar-refractivity contribution is 6.00. The lowest BCUT2D eigenvalue weighted by atomic mass is 10.00. The molecule has 0 radical (unpaired) electrons. The molecule has 46 heavy (non-hydrogen) atoms. The van der Waals surface area contributed by atoms with Crippen molar-refractivity contribution in [1.82, 2.24) is 29.7 Å². The zero-order valence-electron chi connectivity index (χ0n) is 25.5. The monoisotopic (exact) mass is 630 g/mol. The van der Waals surface area contributed by atoms with Crippen LogP contribution in [-0.2, 0) is 4.79 Å². The third kappa shape index (κ3) is 6.04. The molecule has 2 saturated heterocycles. The topological polar surface area (TPSA) is 91.9 Å². The Morgan fingerprint density at radius 2 is 2.02 bits per heavy atom. The number of benzene rings is 1. The van der Waals surface area contributed by atoms with Crippen molar-refractivity contribution in [3.63, 3.8) is 0 Å².